The number of carbonyl (C=O) groups excluding carboxylic acids is 1. The van der Waals surface area contributed by atoms with E-state index in [-0.39, 0.29) is 29.6 Å². The molecule has 1 aromatic heterocycles. The highest BCUT2D eigenvalue weighted by Gasteiger charge is 2.26. The Labute approximate surface area is 162 Å². The quantitative estimate of drug-likeness (QED) is 0.729. The van der Waals surface area contributed by atoms with Gasteiger partial charge in [0.15, 0.2) is 0 Å². The van der Waals surface area contributed by atoms with Crippen LogP contribution in [0, 0.1) is 31.0 Å². The molecule has 2 aromatic rings. The summed E-state index contributed by atoms with van der Waals surface area (Å²) in [6.07, 6.45) is 0.580. The van der Waals surface area contributed by atoms with E-state index in [2.05, 4.69) is 11.1 Å². The maximum absolute atomic E-state index is 14.0. The first-order valence-corrected chi connectivity index (χ1v) is 8.56. The summed E-state index contributed by atoms with van der Waals surface area (Å²) in [7, 11) is 0. The minimum absolute atomic E-state index is 0.0293. The van der Waals surface area contributed by atoms with Crippen LogP contribution in [0.4, 0.5) is 10.2 Å². The van der Waals surface area contributed by atoms with Crippen molar-refractivity contribution in [3.63, 3.8) is 0 Å². The monoisotopic (exact) mass is 384 g/mol. The molecule has 0 atom stereocenters. The number of nitrogen functional groups attached to an aromatic ring is 1. The number of carboxylic acid groups (broad SMARTS) is 1. The number of benzene rings is 1. The number of amides is 1. The van der Waals surface area contributed by atoms with Crippen LogP contribution >= 0.6 is 0 Å². The zero-order valence-corrected chi connectivity index (χ0v) is 15.9. The third-order valence-electron chi connectivity index (χ3n) is 4.66. The second-order valence-electron chi connectivity index (χ2n) is 6.50. The van der Waals surface area contributed by atoms with Crippen LogP contribution in [0.2, 0.25) is 0 Å². The van der Waals surface area contributed by atoms with Crippen LogP contribution in [0.5, 0.6) is 0 Å². The van der Waals surface area contributed by atoms with Gasteiger partial charge in [-0.2, -0.15) is 5.26 Å². The van der Waals surface area contributed by atoms with Gasteiger partial charge in [-0.1, -0.05) is 0 Å². The number of carbonyl (C=O) groups is 2. The number of aromatic nitrogens is 1. The molecule has 7 nitrogen and oxygen atoms in total. The predicted octanol–water partition coefficient (Wildman–Crippen LogP) is 2.56. The van der Waals surface area contributed by atoms with E-state index in [9.17, 15) is 14.4 Å². The summed E-state index contributed by atoms with van der Waals surface area (Å²) in [5, 5.41) is 16.5. The second-order valence-corrected chi connectivity index (χ2v) is 6.50. The fraction of sp³-hybridized carbons (Fsp3) is 0.300. The van der Waals surface area contributed by atoms with Crippen molar-refractivity contribution in [3.8, 4) is 17.2 Å². The molecule has 0 unspecified atom stereocenters. The van der Waals surface area contributed by atoms with Crippen molar-refractivity contribution in [2.24, 2.45) is 0 Å². The number of fused-ring (bicyclic) bond motifs is 1. The molecule has 2 heterocycles. The van der Waals surface area contributed by atoms with E-state index in [0.29, 0.717) is 36.2 Å². The van der Waals surface area contributed by atoms with Gasteiger partial charge in [0, 0.05) is 37.6 Å². The molecule has 1 aliphatic heterocycles. The lowest BCUT2D eigenvalue weighted by Crippen LogP contribution is -2.35. The lowest BCUT2D eigenvalue weighted by atomic mass is 9.89. The second kappa shape index (κ2) is 8.48. The molecule has 8 heteroatoms. The lowest BCUT2D eigenvalue weighted by Gasteiger charge is -2.30. The highest BCUT2D eigenvalue weighted by molar-refractivity contribution is 5.81. The van der Waals surface area contributed by atoms with E-state index in [1.807, 2.05) is 0 Å². The molecule has 3 N–H and O–H groups in total. The summed E-state index contributed by atoms with van der Waals surface area (Å²) in [6.45, 7) is 5.60. The van der Waals surface area contributed by atoms with E-state index in [0.717, 1.165) is 16.8 Å². The molecule has 0 saturated carbocycles. The fourth-order valence-electron chi connectivity index (χ4n) is 3.37. The van der Waals surface area contributed by atoms with E-state index in [1.165, 1.54) is 6.92 Å². The van der Waals surface area contributed by atoms with E-state index in [1.54, 1.807) is 30.9 Å². The van der Waals surface area contributed by atoms with Gasteiger partial charge in [0.1, 0.15) is 23.3 Å². The number of nitrogens with zero attached hydrogens (tertiary/aromatic N) is 3. The Morgan fingerprint density at radius 3 is 2.46 bits per heavy atom. The van der Waals surface area contributed by atoms with Crippen molar-refractivity contribution in [2.75, 3.05) is 12.3 Å². The summed E-state index contributed by atoms with van der Waals surface area (Å²) < 4.78 is 14.0. The molecule has 0 saturated heterocycles. The minimum atomic E-state index is -0.261. The number of hydrogen-bond donors (Lipinski definition) is 2. The highest BCUT2D eigenvalue weighted by atomic mass is 19.1. The highest BCUT2D eigenvalue weighted by Crippen LogP contribution is 2.36. The fourth-order valence-corrected chi connectivity index (χ4v) is 3.37. The van der Waals surface area contributed by atoms with Gasteiger partial charge in [-0.3, -0.25) is 9.59 Å². The summed E-state index contributed by atoms with van der Waals surface area (Å²) in [4.78, 5) is 26.2. The molecule has 0 spiro atoms. The number of pyridine rings is 1. The zero-order valence-electron chi connectivity index (χ0n) is 15.9. The van der Waals surface area contributed by atoms with Crippen LogP contribution in [0.15, 0.2) is 12.1 Å². The summed E-state index contributed by atoms with van der Waals surface area (Å²) >= 11 is 0. The molecule has 1 aromatic carbocycles. The Bertz CT molecular complexity index is 959. The summed E-state index contributed by atoms with van der Waals surface area (Å²) in [5.74, 6) is -0.117. The average molecular weight is 384 g/mol. The number of aryl methyl sites for hydroxylation is 2. The Balaban J connectivity index is 0.000000878. The third-order valence-corrected chi connectivity index (χ3v) is 4.66. The van der Waals surface area contributed by atoms with Crippen LogP contribution in [0.3, 0.4) is 0 Å². The smallest absolute Gasteiger partial charge is 0.290 e. The van der Waals surface area contributed by atoms with E-state index >= 15 is 0 Å². The first kappa shape index (κ1) is 20.8. The Hall–Kier alpha value is -3.47. The summed E-state index contributed by atoms with van der Waals surface area (Å²) in [5.41, 5.74) is 10.3. The van der Waals surface area contributed by atoms with E-state index < -0.39 is 0 Å². The number of rotatable bonds is 1. The Morgan fingerprint density at radius 2 is 1.96 bits per heavy atom. The molecule has 1 amide bonds. The molecular weight excluding hydrogens is 363 g/mol. The van der Waals surface area contributed by atoms with Crippen molar-refractivity contribution < 1.29 is 19.1 Å². The topological polar surface area (TPSA) is 120 Å². The molecule has 0 bridgehead atoms. The minimum Gasteiger partial charge on any atom is -0.483 e. The van der Waals surface area contributed by atoms with Crippen LogP contribution in [-0.4, -0.2) is 33.9 Å². The maximum Gasteiger partial charge on any atom is 0.290 e. The number of nitriles is 1. The van der Waals surface area contributed by atoms with Crippen molar-refractivity contribution in [1.82, 2.24) is 9.88 Å². The van der Waals surface area contributed by atoms with Gasteiger partial charge < -0.3 is 15.7 Å². The van der Waals surface area contributed by atoms with Gasteiger partial charge in [-0.15, -0.1) is 0 Å². The molecule has 0 fully saturated rings. The number of nitrogens with two attached hydrogens (primary N) is 1. The number of hydrogen-bond acceptors (Lipinski definition) is 5. The number of anilines is 1. The predicted molar refractivity (Wildman–Crippen MR) is 102 cm³/mol. The molecule has 1 aliphatic rings. The van der Waals surface area contributed by atoms with Crippen molar-refractivity contribution in [1.29, 1.82) is 5.26 Å². The normalized spacial score (nSPS) is 12.3. The average Bonchev–Trinajstić information content (AvgIpc) is 2.64. The SMILES string of the molecule is CC(=O)N1CCc2nc(N)c(C#N)c(-c3cc(C)c(F)c(C)c3)c2C1.O=CO. The molecule has 146 valence electrons. The third kappa shape index (κ3) is 3.93. The van der Waals surface area contributed by atoms with Gasteiger partial charge in [-0.25, -0.2) is 9.37 Å². The molecule has 0 radical (unpaired) electrons. The first-order chi connectivity index (χ1) is 13.2. The van der Waals surface area contributed by atoms with Crippen LogP contribution in [0.1, 0.15) is 34.9 Å². The molecular formula is C20H21FN4O3. The molecule has 28 heavy (non-hydrogen) atoms. The first-order valence-electron chi connectivity index (χ1n) is 8.56. The Morgan fingerprint density at radius 1 is 1.39 bits per heavy atom. The van der Waals surface area contributed by atoms with Crippen molar-refractivity contribution in [3.05, 3.63) is 45.9 Å². The summed E-state index contributed by atoms with van der Waals surface area (Å²) in [6, 6.07) is 5.55. The van der Waals surface area contributed by atoms with Crippen molar-refractivity contribution >= 4 is 18.2 Å². The van der Waals surface area contributed by atoms with E-state index in [4.69, 9.17) is 15.6 Å². The van der Waals surface area contributed by atoms with Crippen LogP contribution < -0.4 is 5.73 Å². The Kier molecular flexibility index (Phi) is 6.31. The van der Waals surface area contributed by atoms with Crippen LogP contribution in [-0.2, 0) is 22.6 Å². The van der Waals surface area contributed by atoms with Gasteiger partial charge in [0.25, 0.3) is 6.47 Å². The zero-order chi connectivity index (χ0) is 21.0. The largest absolute Gasteiger partial charge is 0.483 e. The van der Waals surface area contributed by atoms with Crippen molar-refractivity contribution in [2.45, 2.75) is 33.7 Å². The standard InChI is InChI=1S/C19H19FN4O.CH2O2/c1-10-6-13(7-11(2)18(10)20)17-14(8-21)19(22)23-16-4-5-24(12(3)25)9-15(16)17;2-1-3/h6-7H,4-5,9H2,1-3H3,(H2,22,23);1H,(H,2,3). The molecule has 0 aliphatic carbocycles. The van der Waals surface area contributed by atoms with Gasteiger partial charge in [0.2, 0.25) is 5.91 Å². The lowest BCUT2D eigenvalue weighted by molar-refractivity contribution is -0.129. The maximum atomic E-state index is 14.0. The molecule has 3 rings (SSSR count). The van der Waals surface area contributed by atoms with Gasteiger partial charge in [0.05, 0.1) is 5.69 Å². The van der Waals surface area contributed by atoms with Gasteiger partial charge in [-0.05, 0) is 42.7 Å². The van der Waals surface area contributed by atoms with Crippen LogP contribution in [0.25, 0.3) is 11.1 Å². The van der Waals surface area contributed by atoms with Gasteiger partial charge >= 0.3 is 0 Å². The number of halogens is 1.